The van der Waals surface area contributed by atoms with E-state index in [9.17, 15) is 9.90 Å². The quantitative estimate of drug-likeness (QED) is 0.760. The molecule has 1 N–H and O–H groups in total. The Hall–Kier alpha value is -2.25. The Bertz CT molecular complexity index is 914. The maximum atomic E-state index is 13.2. The number of aliphatic hydroxyl groups excluding tert-OH is 1. The maximum Gasteiger partial charge on any atom is 0.236 e. The van der Waals surface area contributed by atoms with Gasteiger partial charge < -0.3 is 14.7 Å². The first kappa shape index (κ1) is 22.5. The van der Waals surface area contributed by atoms with Crippen LogP contribution in [-0.4, -0.2) is 96.9 Å². The summed E-state index contributed by atoms with van der Waals surface area (Å²) in [6.07, 6.45) is 2.08. The molecule has 1 amide bonds. The summed E-state index contributed by atoms with van der Waals surface area (Å²) in [6.45, 7) is 6.29. The van der Waals surface area contributed by atoms with Crippen molar-refractivity contribution in [3.05, 3.63) is 60.2 Å². The van der Waals surface area contributed by atoms with Crippen molar-refractivity contribution in [3.8, 4) is 11.1 Å². The van der Waals surface area contributed by atoms with Crippen molar-refractivity contribution in [2.24, 2.45) is 0 Å². The first-order valence-electron chi connectivity index (χ1n) is 12.3. The molecule has 0 unspecified atom stereocenters. The molecule has 3 fully saturated rings. The molecule has 0 spiro atoms. The zero-order valence-corrected chi connectivity index (χ0v) is 19.3. The summed E-state index contributed by atoms with van der Waals surface area (Å²) in [7, 11) is 0. The van der Waals surface area contributed by atoms with Gasteiger partial charge in [-0.3, -0.25) is 14.6 Å². The van der Waals surface area contributed by atoms with Crippen molar-refractivity contribution >= 4 is 5.91 Å². The average Bonchev–Trinajstić information content (AvgIpc) is 2.84. The molecule has 5 rings (SSSR count). The number of carbonyl (C=O) groups is 1. The van der Waals surface area contributed by atoms with Crippen LogP contribution in [0.15, 0.2) is 54.6 Å². The average molecular weight is 450 g/mol. The Balaban J connectivity index is 1.31. The minimum Gasteiger partial charge on any atom is -0.395 e. The molecule has 3 aliphatic heterocycles. The van der Waals surface area contributed by atoms with Gasteiger partial charge in [-0.2, -0.15) is 0 Å². The van der Waals surface area contributed by atoms with E-state index in [0.29, 0.717) is 19.8 Å². The van der Waals surface area contributed by atoms with E-state index in [-0.39, 0.29) is 30.5 Å². The van der Waals surface area contributed by atoms with Gasteiger partial charge in [0.2, 0.25) is 5.91 Å². The fourth-order valence-electron chi connectivity index (χ4n) is 5.75. The number of amides is 1. The van der Waals surface area contributed by atoms with Gasteiger partial charge in [0.15, 0.2) is 0 Å². The molecule has 3 saturated heterocycles. The van der Waals surface area contributed by atoms with Crippen LogP contribution < -0.4 is 0 Å². The zero-order valence-electron chi connectivity index (χ0n) is 19.3. The number of rotatable bonds is 5. The van der Waals surface area contributed by atoms with Crippen molar-refractivity contribution in [1.82, 2.24) is 14.7 Å². The zero-order chi connectivity index (χ0) is 22.6. The summed E-state index contributed by atoms with van der Waals surface area (Å²) >= 11 is 0. The highest BCUT2D eigenvalue weighted by atomic mass is 16.5. The van der Waals surface area contributed by atoms with Crippen LogP contribution in [0.2, 0.25) is 0 Å². The van der Waals surface area contributed by atoms with Crippen LogP contribution in [0, 0.1) is 0 Å². The molecular formula is C27H35N3O3. The minimum absolute atomic E-state index is 0.131. The summed E-state index contributed by atoms with van der Waals surface area (Å²) in [6, 6.07) is 19.6. The van der Waals surface area contributed by atoms with E-state index >= 15 is 0 Å². The predicted octanol–water partition coefficient (Wildman–Crippen LogP) is 2.44. The Morgan fingerprint density at radius 2 is 1.61 bits per heavy atom. The first-order chi connectivity index (χ1) is 16.2. The predicted molar refractivity (Wildman–Crippen MR) is 129 cm³/mol. The van der Waals surface area contributed by atoms with Gasteiger partial charge in [0.25, 0.3) is 0 Å². The van der Waals surface area contributed by atoms with E-state index < -0.39 is 0 Å². The number of fused-ring (bicyclic) bond motifs is 1. The molecule has 2 aromatic rings. The molecule has 3 atom stereocenters. The Morgan fingerprint density at radius 1 is 0.909 bits per heavy atom. The van der Waals surface area contributed by atoms with E-state index in [2.05, 4.69) is 63.2 Å². The lowest BCUT2D eigenvalue weighted by Crippen LogP contribution is -2.68. The van der Waals surface area contributed by atoms with E-state index in [4.69, 9.17) is 4.74 Å². The molecule has 0 aliphatic carbocycles. The van der Waals surface area contributed by atoms with Crippen LogP contribution in [0.5, 0.6) is 0 Å². The molecule has 6 nitrogen and oxygen atoms in total. The SMILES string of the molecule is O=C(CN1CCOCC1)N1CCCCN2[C@@H](CO)[C@@H](c3ccc(-c4ccccc4)cc3)[C@@H]2C1. The topological polar surface area (TPSA) is 56.2 Å². The van der Waals surface area contributed by atoms with Gasteiger partial charge in [0.05, 0.1) is 26.4 Å². The van der Waals surface area contributed by atoms with Gasteiger partial charge in [0.1, 0.15) is 0 Å². The summed E-state index contributed by atoms with van der Waals surface area (Å²) < 4.78 is 5.43. The highest BCUT2D eigenvalue weighted by Crippen LogP contribution is 2.42. The highest BCUT2D eigenvalue weighted by Gasteiger charge is 2.49. The number of aliphatic hydroxyl groups is 1. The van der Waals surface area contributed by atoms with Crippen LogP contribution in [0.1, 0.15) is 24.3 Å². The molecule has 0 bridgehead atoms. The minimum atomic E-state index is 0.131. The third-order valence-electron chi connectivity index (χ3n) is 7.59. The molecule has 0 radical (unpaired) electrons. The van der Waals surface area contributed by atoms with Crippen LogP contribution in [-0.2, 0) is 9.53 Å². The molecule has 0 saturated carbocycles. The standard InChI is InChI=1S/C27H35N3O3/c31-20-25-27(23-10-8-22(9-11-23)21-6-2-1-3-7-21)24-18-29(12-4-5-13-30(24)25)26(32)19-28-14-16-33-17-15-28/h1-3,6-11,24-25,27,31H,4-5,12-20H2/t24-,25-,27-/m0/s1. The van der Waals surface area contributed by atoms with E-state index in [1.165, 1.54) is 16.7 Å². The number of ether oxygens (including phenoxy) is 1. The van der Waals surface area contributed by atoms with Gasteiger partial charge in [-0.05, 0) is 36.1 Å². The molecule has 6 heteroatoms. The third kappa shape index (κ3) is 4.85. The molecule has 176 valence electrons. The molecule has 3 heterocycles. The van der Waals surface area contributed by atoms with E-state index in [1.54, 1.807) is 0 Å². The van der Waals surface area contributed by atoms with Gasteiger partial charge in [-0.1, -0.05) is 54.6 Å². The largest absolute Gasteiger partial charge is 0.395 e. The Morgan fingerprint density at radius 3 is 2.33 bits per heavy atom. The summed E-state index contributed by atoms with van der Waals surface area (Å²) in [5.41, 5.74) is 3.68. The van der Waals surface area contributed by atoms with Gasteiger partial charge in [0, 0.05) is 44.2 Å². The monoisotopic (exact) mass is 449 g/mol. The van der Waals surface area contributed by atoms with Crippen molar-refractivity contribution in [2.75, 3.05) is 59.1 Å². The van der Waals surface area contributed by atoms with Crippen LogP contribution in [0.4, 0.5) is 0 Å². The second kappa shape index (κ2) is 10.3. The molecular weight excluding hydrogens is 414 g/mol. The molecule has 2 aromatic carbocycles. The van der Waals surface area contributed by atoms with Crippen molar-refractivity contribution < 1.29 is 14.6 Å². The second-order valence-electron chi connectivity index (χ2n) is 9.50. The smallest absolute Gasteiger partial charge is 0.236 e. The molecule has 33 heavy (non-hydrogen) atoms. The van der Waals surface area contributed by atoms with Crippen LogP contribution in [0.25, 0.3) is 11.1 Å². The Labute approximate surface area is 196 Å². The number of nitrogens with zero attached hydrogens (tertiary/aromatic N) is 3. The number of hydrogen-bond donors (Lipinski definition) is 1. The Kier molecular flexibility index (Phi) is 7.07. The van der Waals surface area contributed by atoms with Gasteiger partial charge >= 0.3 is 0 Å². The summed E-state index contributed by atoms with van der Waals surface area (Å²) in [4.78, 5) is 19.9. The lowest BCUT2D eigenvalue weighted by atomic mass is 9.74. The summed E-state index contributed by atoms with van der Waals surface area (Å²) in [5.74, 6) is 0.473. The molecule has 3 aliphatic rings. The lowest BCUT2D eigenvalue weighted by Gasteiger charge is -2.57. The van der Waals surface area contributed by atoms with E-state index in [0.717, 1.165) is 45.6 Å². The molecule has 0 aromatic heterocycles. The van der Waals surface area contributed by atoms with Crippen LogP contribution >= 0.6 is 0 Å². The van der Waals surface area contributed by atoms with Crippen LogP contribution in [0.3, 0.4) is 0 Å². The normalized spacial score (nSPS) is 26.7. The van der Waals surface area contributed by atoms with Crippen molar-refractivity contribution in [2.45, 2.75) is 30.8 Å². The van der Waals surface area contributed by atoms with Gasteiger partial charge in [-0.25, -0.2) is 0 Å². The lowest BCUT2D eigenvalue weighted by molar-refractivity contribution is -0.138. The number of morpholine rings is 1. The number of benzene rings is 2. The second-order valence-corrected chi connectivity index (χ2v) is 9.50. The van der Waals surface area contributed by atoms with E-state index in [1.807, 2.05) is 6.07 Å². The third-order valence-corrected chi connectivity index (χ3v) is 7.59. The number of carbonyl (C=O) groups excluding carboxylic acids is 1. The van der Waals surface area contributed by atoms with Crippen molar-refractivity contribution in [1.29, 1.82) is 0 Å². The van der Waals surface area contributed by atoms with Crippen molar-refractivity contribution in [3.63, 3.8) is 0 Å². The number of hydrogen-bond acceptors (Lipinski definition) is 5. The van der Waals surface area contributed by atoms with Gasteiger partial charge in [-0.15, -0.1) is 0 Å². The fraction of sp³-hybridized carbons (Fsp3) is 0.519. The highest BCUT2D eigenvalue weighted by molar-refractivity contribution is 5.78. The summed E-state index contributed by atoms with van der Waals surface area (Å²) in [5, 5.41) is 10.2. The fourth-order valence-corrected chi connectivity index (χ4v) is 5.75. The maximum absolute atomic E-state index is 13.2. The first-order valence-corrected chi connectivity index (χ1v) is 12.3.